The van der Waals surface area contributed by atoms with Gasteiger partial charge in [0.1, 0.15) is 0 Å². The summed E-state index contributed by atoms with van der Waals surface area (Å²) in [5.74, 6) is 0.688. The first-order valence-corrected chi connectivity index (χ1v) is 8.02. The van der Waals surface area contributed by atoms with Crippen LogP contribution in [0.4, 0.5) is 0 Å². The van der Waals surface area contributed by atoms with Crippen molar-refractivity contribution in [2.45, 2.75) is 45.3 Å². The quantitative estimate of drug-likeness (QED) is 0.909. The number of rotatable bonds is 3. The summed E-state index contributed by atoms with van der Waals surface area (Å²) in [4.78, 5) is 2.64. The summed E-state index contributed by atoms with van der Waals surface area (Å²) >= 11 is 3.57. The van der Waals surface area contributed by atoms with E-state index in [1.807, 2.05) is 0 Å². The van der Waals surface area contributed by atoms with Gasteiger partial charge >= 0.3 is 0 Å². The molecule has 0 saturated carbocycles. The van der Waals surface area contributed by atoms with E-state index in [1.54, 1.807) is 0 Å². The zero-order valence-electron chi connectivity index (χ0n) is 12.4. The Kier molecular flexibility index (Phi) is 5.04. The Balaban J connectivity index is 2.14. The average molecular weight is 325 g/mol. The molecule has 1 aliphatic heterocycles. The van der Waals surface area contributed by atoms with Gasteiger partial charge in [0.25, 0.3) is 0 Å². The monoisotopic (exact) mass is 324 g/mol. The molecule has 4 unspecified atom stereocenters. The summed E-state index contributed by atoms with van der Waals surface area (Å²) in [6, 6.07) is 10.4. The number of likely N-dealkylation sites (tertiary alicyclic amines) is 1. The van der Waals surface area contributed by atoms with Crippen molar-refractivity contribution in [1.29, 1.82) is 0 Å². The van der Waals surface area contributed by atoms with Crippen LogP contribution < -0.4 is 5.32 Å². The van der Waals surface area contributed by atoms with Crippen molar-refractivity contribution in [1.82, 2.24) is 10.2 Å². The first-order chi connectivity index (χ1) is 9.04. The summed E-state index contributed by atoms with van der Waals surface area (Å²) in [5, 5.41) is 3.46. The summed E-state index contributed by atoms with van der Waals surface area (Å²) in [5.41, 5.74) is 1.40. The van der Waals surface area contributed by atoms with Crippen molar-refractivity contribution in [2.75, 3.05) is 13.6 Å². The number of benzene rings is 1. The molecule has 1 heterocycles. The van der Waals surface area contributed by atoms with Crippen molar-refractivity contribution in [3.8, 4) is 0 Å². The number of nitrogens with one attached hydrogen (secondary N) is 1. The Bertz CT molecular complexity index is 421. The smallest absolute Gasteiger partial charge is 0.0323 e. The van der Waals surface area contributed by atoms with Crippen LogP contribution in [0.5, 0.6) is 0 Å². The van der Waals surface area contributed by atoms with Gasteiger partial charge < -0.3 is 5.32 Å². The first-order valence-electron chi connectivity index (χ1n) is 7.23. The highest BCUT2D eigenvalue weighted by Gasteiger charge is 2.34. The van der Waals surface area contributed by atoms with Crippen LogP contribution in [0.1, 0.15) is 38.8 Å². The predicted molar refractivity (Wildman–Crippen MR) is 85.4 cm³/mol. The van der Waals surface area contributed by atoms with Gasteiger partial charge in [0.15, 0.2) is 0 Å². The number of hydrogen-bond acceptors (Lipinski definition) is 2. The van der Waals surface area contributed by atoms with Crippen LogP contribution in [-0.4, -0.2) is 30.6 Å². The SMILES string of the molecule is CNC1CCN(C(C)c2cccc(Br)c2)C(C)C1C. The molecule has 0 radical (unpaired) electrons. The van der Waals surface area contributed by atoms with E-state index >= 15 is 0 Å². The predicted octanol–water partition coefficient (Wildman–Crippen LogP) is 3.83. The molecule has 1 N–H and O–H groups in total. The van der Waals surface area contributed by atoms with Crippen molar-refractivity contribution in [2.24, 2.45) is 5.92 Å². The minimum Gasteiger partial charge on any atom is -0.317 e. The number of piperidine rings is 1. The van der Waals surface area contributed by atoms with Crippen LogP contribution in [0.15, 0.2) is 28.7 Å². The molecule has 1 aromatic carbocycles. The minimum absolute atomic E-state index is 0.479. The highest BCUT2D eigenvalue weighted by Crippen LogP contribution is 2.32. The molecule has 106 valence electrons. The zero-order valence-corrected chi connectivity index (χ0v) is 13.9. The fraction of sp³-hybridized carbons (Fsp3) is 0.625. The molecule has 0 spiro atoms. The molecule has 0 bridgehead atoms. The fourth-order valence-electron chi connectivity index (χ4n) is 3.30. The van der Waals surface area contributed by atoms with Gasteiger partial charge in [-0.25, -0.2) is 0 Å². The average Bonchev–Trinajstić information content (AvgIpc) is 2.41. The normalized spacial score (nSPS) is 30.3. The second-order valence-corrected chi connectivity index (χ2v) is 6.67. The van der Waals surface area contributed by atoms with Gasteiger partial charge in [0, 0.05) is 29.1 Å². The van der Waals surface area contributed by atoms with E-state index in [0.29, 0.717) is 24.0 Å². The molecule has 0 aliphatic carbocycles. The lowest BCUT2D eigenvalue weighted by molar-refractivity contribution is 0.0545. The van der Waals surface area contributed by atoms with E-state index in [4.69, 9.17) is 0 Å². The zero-order chi connectivity index (χ0) is 14.0. The van der Waals surface area contributed by atoms with Crippen LogP contribution in [0.2, 0.25) is 0 Å². The van der Waals surface area contributed by atoms with Gasteiger partial charge in [-0.2, -0.15) is 0 Å². The molecular formula is C16H25BrN2. The van der Waals surface area contributed by atoms with E-state index in [0.717, 1.165) is 0 Å². The van der Waals surface area contributed by atoms with Gasteiger partial charge in [-0.15, -0.1) is 0 Å². The summed E-state index contributed by atoms with van der Waals surface area (Å²) in [6.07, 6.45) is 1.24. The standard InChI is InChI=1S/C16H25BrN2/c1-11-12(2)19(9-8-16(11)18-4)13(3)14-6-5-7-15(17)10-14/h5-7,10-13,16,18H,8-9H2,1-4H3. The summed E-state index contributed by atoms with van der Waals surface area (Å²) in [6.45, 7) is 8.23. The molecule has 19 heavy (non-hydrogen) atoms. The molecular weight excluding hydrogens is 300 g/mol. The maximum atomic E-state index is 3.57. The molecule has 0 aromatic heterocycles. The first kappa shape index (κ1) is 15.0. The largest absolute Gasteiger partial charge is 0.317 e. The number of halogens is 1. The molecule has 3 heteroatoms. The van der Waals surface area contributed by atoms with Crippen LogP contribution in [0.3, 0.4) is 0 Å². The van der Waals surface area contributed by atoms with Gasteiger partial charge in [-0.05, 0) is 50.9 Å². The van der Waals surface area contributed by atoms with Crippen molar-refractivity contribution >= 4 is 15.9 Å². The van der Waals surface area contributed by atoms with Crippen molar-refractivity contribution in [3.63, 3.8) is 0 Å². The van der Waals surface area contributed by atoms with Crippen LogP contribution in [-0.2, 0) is 0 Å². The lowest BCUT2D eigenvalue weighted by Crippen LogP contribution is -2.53. The van der Waals surface area contributed by atoms with E-state index in [2.05, 4.69) is 78.2 Å². The summed E-state index contributed by atoms with van der Waals surface area (Å²) in [7, 11) is 2.08. The Morgan fingerprint density at radius 3 is 2.74 bits per heavy atom. The van der Waals surface area contributed by atoms with E-state index in [1.165, 1.54) is 23.0 Å². The van der Waals surface area contributed by atoms with Crippen LogP contribution >= 0.6 is 15.9 Å². The fourth-order valence-corrected chi connectivity index (χ4v) is 3.72. The topological polar surface area (TPSA) is 15.3 Å². The molecule has 1 saturated heterocycles. The van der Waals surface area contributed by atoms with Crippen LogP contribution in [0, 0.1) is 5.92 Å². The van der Waals surface area contributed by atoms with Gasteiger partial charge in [0.2, 0.25) is 0 Å². The molecule has 4 atom stereocenters. The molecule has 2 nitrogen and oxygen atoms in total. The highest BCUT2D eigenvalue weighted by molar-refractivity contribution is 9.10. The number of hydrogen-bond donors (Lipinski definition) is 1. The maximum Gasteiger partial charge on any atom is 0.0323 e. The Labute approximate surface area is 125 Å². The summed E-state index contributed by atoms with van der Waals surface area (Å²) < 4.78 is 1.17. The molecule has 1 aliphatic rings. The number of nitrogens with zero attached hydrogens (tertiary/aromatic N) is 1. The van der Waals surface area contributed by atoms with E-state index in [9.17, 15) is 0 Å². The van der Waals surface area contributed by atoms with Crippen molar-refractivity contribution in [3.05, 3.63) is 34.3 Å². The Hall–Kier alpha value is -0.380. The third kappa shape index (κ3) is 3.21. The lowest BCUT2D eigenvalue weighted by atomic mass is 9.85. The van der Waals surface area contributed by atoms with Gasteiger partial charge in [-0.3, -0.25) is 4.90 Å². The minimum atomic E-state index is 0.479. The third-order valence-corrected chi connectivity index (χ3v) is 5.31. The van der Waals surface area contributed by atoms with Crippen LogP contribution in [0.25, 0.3) is 0 Å². The second-order valence-electron chi connectivity index (χ2n) is 5.75. The highest BCUT2D eigenvalue weighted by atomic mass is 79.9. The van der Waals surface area contributed by atoms with Gasteiger partial charge in [0.05, 0.1) is 0 Å². The van der Waals surface area contributed by atoms with Crippen molar-refractivity contribution < 1.29 is 0 Å². The maximum absolute atomic E-state index is 3.57. The molecule has 1 fully saturated rings. The second kappa shape index (κ2) is 6.38. The Morgan fingerprint density at radius 2 is 2.11 bits per heavy atom. The molecule has 2 rings (SSSR count). The Morgan fingerprint density at radius 1 is 1.37 bits per heavy atom. The molecule has 1 aromatic rings. The third-order valence-electron chi connectivity index (χ3n) is 4.82. The molecule has 0 amide bonds. The lowest BCUT2D eigenvalue weighted by Gasteiger charge is -2.45. The van der Waals surface area contributed by atoms with E-state index < -0.39 is 0 Å². The van der Waals surface area contributed by atoms with E-state index in [-0.39, 0.29) is 0 Å². The van der Waals surface area contributed by atoms with Gasteiger partial charge in [-0.1, -0.05) is 35.0 Å².